The molecule has 3 aliphatic rings. The highest BCUT2D eigenvalue weighted by atomic mass is 32.1. The summed E-state index contributed by atoms with van der Waals surface area (Å²) in [5.74, 6) is 0.228. The molecule has 1 aliphatic carbocycles. The fraction of sp³-hybridized carbons (Fsp3) is 0.303. The lowest BCUT2D eigenvalue weighted by atomic mass is 10.1. The third-order valence-electron chi connectivity index (χ3n) is 8.17. The van der Waals surface area contributed by atoms with Gasteiger partial charge in [0.15, 0.2) is 5.82 Å². The van der Waals surface area contributed by atoms with E-state index in [0.717, 1.165) is 65.3 Å². The van der Waals surface area contributed by atoms with Crippen LogP contribution in [-0.2, 0) is 6.42 Å². The van der Waals surface area contributed by atoms with Gasteiger partial charge < -0.3 is 20.4 Å². The summed E-state index contributed by atoms with van der Waals surface area (Å²) in [5, 5.41) is 14.5. The zero-order valence-electron chi connectivity index (χ0n) is 23.9. The van der Waals surface area contributed by atoms with E-state index >= 15 is 0 Å². The first kappa shape index (κ1) is 27.3. The van der Waals surface area contributed by atoms with Crippen LogP contribution >= 0.6 is 11.3 Å². The number of nitrogens with zero attached hydrogens (tertiary/aromatic N) is 4. The standard InChI is InChI=1S/C33H32N6O3S/c1-20-18-26(30(37-36-20)38-15-4-5-16-38)31(40)34-23-10-8-21(9-11-23)33(42)39-17-14-22-19-28(32(41)35-24-12-13-24)43-29(22)25-6-2-3-7-27(25)39/h2-3,6-11,18-19,24H,4-5,12-17H2,1H3,(H,34,40)(H,35,41). The summed E-state index contributed by atoms with van der Waals surface area (Å²) < 4.78 is 0. The molecule has 0 atom stereocenters. The molecule has 0 unspecified atom stereocenters. The Morgan fingerprint density at radius 1 is 0.907 bits per heavy atom. The average molecular weight is 593 g/mol. The van der Waals surface area contributed by atoms with Gasteiger partial charge in [-0.25, -0.2) is 0 Å². The van der Waals surface area contributed by atoms with Gasteiger partial charge >= 0.3 is 0 Å². The summed E-state index contributed by atoms with van der Waals surface area (Å²) in [6, 6.07) is 18.9. The maximum atomic E-state index is 13.8. The average Bonchev–Trinajstić information content (AvgIpc) is 3.51. The lowest BCUT2D eigenvalue weighted by molar-refractivity contribution is 0.0952. The summed E-state index contributed by atoms with van der Waals surface area (Å²) in [6.45, 7) is 4.04. The normalized spacial score (nSPS) is 15.8. The quantitative estimate of drug-likeness (QED) is 0.308. The largest absolute Gasteiger partial charge is 0.354 e. The Kier molecular flexibility index (Phi) is 7.14. The predicted molar refractivity (Wildman–Crippen MR) is 168 cm³/mol. The number of hydrogen-bond acceptors (Lipinski definition) is 7. The molecule has 2 aromatic heterocycles. The molecular weight excluding hydrogens is 560 g/mol. The molecule has 2 aromatic carbocycles. The molecule has 10 heteroatoms. The van der Waals surface area contributed by atoms with Crippen molar-refractivity contribution in [1.82, 2.24) is 15.5 Å². The molecule has 218 valence electrons. The number of amides is 3. The van der Waals surface area contributed by atoms with E-state index in [1.54, 1.807) is 30.3 Å². The molecule has 0 radical (unpaired) electrons. The second-order valence-corrected chi connectivity index (χ2v) is 12.4. The monoisotopic (exact) mass is 592 g/mol. The minimum Gasteiger partial charge on any atom is -0.354 e. The second kappa shape index (κ2) is 11.3. The molecule has 2 aliphatic heterocycles. The Bertz CT molecular complexity index is 1720. The summed E-state index contributed by atoms with van der Waals surface area (Å²) in [6.07, 6.45) is 4.88. The van der Waals surface area contributed by atoms with E-state index in [-0.39, 0.29) is 17.7 Å². The molecule has 4 heterocycles. The highest BCUT2D eigenvalue weighted by Crippen LogP contribution is 2.42. The van der Waals surface area contributed by atoms with Crippen molar-refractivity contribution in [3.63, 3.8) is 0 Å². The fourth-order valence-electron chi connectivity index (χ4n) is 5.77. The molecule has 2 N–H and O–H groups in total. The van der Waals surface area contributed by atoms with E-state index in [1.165, 1.54) is 11.3 Å². The van der Waals surface area contributed by atoms with Crippen molar-refractivity contribution in [2.75, 3.05) is 34.8 Å². The molecule has 0 spiro atoms. The van der Waals surface area contributed by atoms with Gasteiger partial charge in [0.1, 0.15) is 0 Å². The van der Waals surface area contributed by atoms with Gasteiger partial charge in [-0.2, -0.15) is 5.10 Å². The van der Waals surface area contributed by atoms with E-state index in [1.807, 2.05) is 42.2 Å². The number of para-hydroxylation sites is 1. The molecule has 1 saturated carbocycles. The maximum absolute atomic E-state index is 13.8. The SMILES string of the molecule is Cc1cc(C(=O)Nc2ccc(C(=O)N3CCc4cc(C(=O)NC5CC5)sc4-c4ccccc43)cc2)c(N2CCCC2)nn1. The summed E-state index contributed by atoms with van der Waals surface area (Å²) in [7, 11) is 0. The van der Waals surface area contributed by atoms with Crippen LogP contribution in [0, 0.1) is 6.92 Å². The number of aryl methyl sites for hydroxylation is 1. The minimum absolute atomic E-state index is 0.0132. The molecule has 1 saturated heterocycles. The molecule has 2 fully saturated rings. The van der Waals surface area contributed by atoms with Crippen LogP contribution in [0.4, 0.5) is 17.2 Å². The van der Waals surface area contributed by atoms with Crippen molar-refractivity contribution in [3.05, 3.63) is 87.9 Å². The number of fused-ring (bicyclic) bond motifs is 3. The van der Waals surface area contributed by atoms with Crippen LogP contribution in [0.5, 0.6) is 0 Å². The van der Waals surface area contributed by atoms with Gasteiger partial charge in [-0.15, -0.1) is 16.4 Å². The molecule has 4 aromatic rings. The van der Waals surface area contributed by atoms with Crippen molar-refractivity contribution >= 4 is 46.3 Å². The van der Waals surface area contributed by atoms with Gasteiger partial charge in [-0.1, -0.05) is 18.2 Å². The van der Waals surface area contributed by atoms with Crippen molar-refractivity contribution in [1.29, 1.82) is 0 Å². The van der Waals surface area contributed by atoms with Crippen molar-refractivity contribution in [3.8, 4) is 10.4 Å². The van der Waals surface area contributed by atoms with Crippen molar-refractivity contribution < 1.29 is 14.4 Å². The minimum atomic E-state index is -0.253. The van der Waals surface area contributed by atoms with Crippen LogP contribution in [-0.4, -0.2) is 53.6 Å². The molecule has 9 nitrogen and oxygen atoms in total. The highest BCUT2D eigenvalue weighted by molar-refractivity contribution is 7.17. The zero-order valence-corrected chi connectivity index (χ0v) is 24.7. The maximum Gasteiger partial charge on any atom is 0.261 e. The van der Waals surface area contributed by atoms with Gasteiger partial charge in [0.05, 0.1) is 21.8 Å². The lowest BCUT2D eigenvalue weighted by Gasteiger charge is -2.23. The number of thiophene rings is 1. The topological polar surface area (TPSA) is 108 Å². The van der Waals surface area contributed by atoms with Gasteiger partial charge in [0, 0.05) is 47.4 Å². The molecule has 0 bridgehead atoms. The lowest BCUT2D eigenvalue weighted by Crippen LogP contribution is -2.32. The van der Waals surface area contributed by atoms with Crippen molar-refractivity contribution in [2.45, 2.75) is 45.1 Å². The summed E-state index contributed by atoms with van der Waals surface area (Å²) in [5.41, 5.74) is 5.17. The van der Waals surface area contributed by atoms with Gasteiger partial charge in [0.2, 0.25) is 0 Å². The summed E-state index contributed by atoms with van der Waals surface area (Å²) >= 11 is 1.49. The number of nitrogens with one attached hydrogen (secondary N) is 2. The van der Waals surface area contributed by atoms with Crippen LogP contribution < -0.4 is 20.4 Å². The number of rotatable bonds is 6. The van der Waals surface area contributed by atoms with Crippen LogP contribution in [0.2, 0.25) is 0 Å². The van der Waals surface area contributed by atoms with Gasteiger partial charge in [0.25, 0.3) is 17.7 Å². The van der Waals surface area contributed by atoms with Crippen LogP contribution in [0.1, 0.15) is 67.3 Å². The third-order valence-corrected chi connectivity index (χ3v) is 9.38. The Labute approximate surface area is 253 Å². The predicted octanol–water partition coefficient (Wildman–Crippen LogP) is 5.46. The first-order chi connectivity index (χ1) is 20.9. The van der Waals surface area contributed by atoms with Gasteiger partial charge in [-0.05, 0) is 87.1 Å². The van der Waals surface area contributed by atoms with E-state index in [9.17, 15) is 14.4 Å². The molecular formula is C33H32N6O3S. The van der Waals surface area contributed by atoms with Crippen LogP contribution in [0.3, 0.4) is 0 Å². The molecule has 7 rings (SSSR count). The van der Waals surface area contributed by atoms with E-state index in [0.29, 0.717) is 47.3 Å². The number of carbonyl (C=O) groups excluding carboxylic acids is 3. The highest BCUT2D eigenvalue weighted by Gasteiger charge is 2.29. The molecule has 43 heavy (non-hydrogen) atoms. The fourth-order valence-corrected chi connectivity index (χ4v) is 6.91. The summed E-state index contributed by atoms with van der Waals surface area (Å²) in [4.78, 5) is 45.5. The zero-order chi connectivity index (χ0) is 29.5. The van der Waals surface area contributed by atoms with E-state index in [4.69, 9.17) is 0 Å². The smallest absolute Gasteiger partial charge is 0.261 e. The number of aromatic nitrogens is 2. The van der Waals surface area contributed by atoms with Crippen LogP contribution in [0.25, 0.3) is 10.4 Å². The van der Waals surface area contributed by atoms with Gasteiger partial charge in [-0.3, -0.25) is 14.4 Å². The number of carbonyl (C=O) groups is 3. The Balaban J connectivity index is 1.09. The second-order valence-electron chi connectivity index (χ2n) is 11.4. The Morgan fingerprint density at radius 3 is 2.44 bits per heavy atom. The first-order valence-electron chi connectivity index (χ1n) is 14.8. The molecule has 3 amide bonds. The van der Waals surface area contributed by atoms with E-state index in [2.05, 4.69) is 25.7 Å². The Hall–Kier alpha value is -4.57. The first-order valence-corrected chi connectivity index (χ1v) is 15.6. The van der Waals surface area contributed by atoms with E-state index < -0.39 is 0 Å². The van der Waals surface area contributed by atoms with Crippen molar-refractivity contribution in [2.24, 2.45) is 0 Å². The third kappa shape index (κ3) is 5.50. The Morgan fingerprint density at radius 2 is 1.67 bits per heavy atom. The van der Waals surface area contributed by atoms with Crippen LogP contribution in [0.15, 0.2) is 60.7 Å². The number of hydrogen-bond donors (Lipinski definition) is 2. The number of anilines is 3. The number of benzene rings is 2.